The van der Waals surface area contributed by atoms with Crippen molar-refractivity contribution in [2.75, 3.05) is 83.7 Å². The van der Waals surface area contributed by atoms with E-state index in [1.165, 1.54) is 21.9 Å². The number of aromatic nitrogens is 6. The number of hydrogen-bond acceptors (Lipinski definition) is 28. The van der Waals surface area contributed by atoms with Crippen molar-refractivity contribution < 1.29 is 98.2 Å². The Hall–Kier alpha value is -6.26. The van der Waals surface area contributed by atoms with Crippen molar-refractivity contribution >= 4 is 161 Å². The van der Waals surface area contributed by atoms with Gasteiger partial charge in [-0.15, -0.1) is 0 Å². The molecular formula is C40H44N12NaO22S6. The average Bonchev–Trinajstić information content (AvgIpc) is 3.34. The standard InChI is InChI=1S/C40H44N12O22S6.Na/c53-15-11-51(12-16-54)39-47-35(45-37(49-39)43-29-21-27(75(57,58)59)7-9-31(29)77(63,64)65)41-25-5-3-23(33(19-25)79(69,70)71)1-2-24-4-6-26(20-34(24)80(72,73)74)42-36-46-38(50-40(48-36)52(13-17-55)14-18-56)44-30-22-28(76(60,61)62)8-10-32(30)78(66,67)68;/h1-10,19-22,53-56H,11-18H2,(H,57,58,59)(H,60,61,62)(H,63,64,65)(H,66,67,68)(H,69,70,71)(H,72,73,74)(H2,41,43,45,47,49)(H2,42,44,46,48,50);. The Morgan fingerprint density at radius 2 is 0.667 bits per heavy atom. The first kappa shape index (κ1) is 65.5. The summed E-state index contributed by atoms with van der Waals surface area (Å²) in [4.78, 5) is 22.0. The van der Waals surface area contributed by atoms with E-state index in [2.05, 4.69) is 51.2 Å². The predicted octanol–water partition coefficient (Wildman–Crippen LogP) is -0.117. The summed E-state index contributed by atoms with van der Waals surface area (Å²) >= 11 is 0. The summed E-state index contributed by atoms with van der Waals surface area (Å²) in [5.41, 5.74) is -2.45. The molecule has 6 rings (SSSR count). The summed E-state index contributed by atoms with van der Waals surface area (Å²) in [7, 11) is -30.5. The molecule has 2 aromatic heterocycles. The summed E-state index contributed by atoms with van der Waals surface area (Å²) in [6, 6.07) is 10.1. The van der Waals surface area contributed by atoms with Gasteiger partial charge in [-0.25, -0.2) is 0 Å². The molecule has 0 aliphatic rings. The first-order chi connectivity index (χ1) is 37.2. The molecule has 2 heterocycles. The third-order valence-corrected chi connectivity index (χ3v) is 15.7. The first-order valence-electron chi connectivity index (χ1n) is 21.8. The van der Waals surface area contributed by atoms with Crippen molar-refractivity contribution in [2.24, 2.45) is 0 Å². The van der Waals surface area contributed by atoms with E-state index in [9.17, 15) is 98.2 Å². The van der Waals surface area contributed by atoms with Gasteiger partial charge in [0.15, 0.2) is 0 Å². The van der Waals surface area contributed by atoms with Crippen molar-refractivity contribution in [3.63, 3.8) is 0 Å². The number of benzene rings is 4. The third kappa shape index (κ3) is 17.6. The molecule has 0 aliphatic heterocycles. The Morgan fingerprint density at radius 1 is 0.370 bits per heavy atom. The largest absolute Gasteiger partial charge is 0.395 e. The molecule has 6 aromatic rings. The van der Waals surface area contributed by atoms with Crippen LogP contribution in [0, 0.1) is 0 Å². The van der Waals surface area contributed by atoms with Gasteiger partial charge in [0.2, 0.25) is 35.7 Å². The molecule has 41 heteroatoms. The monoisotopic (exact) mass is 1260 g/mol. The second-order valence-corrected chi connectivity index (χ2v) is 24.3. The van der Waals surface area contributed by atoms with Crippen LogP contribution in [0.4, 0.5) is 58.4 Å². The number of anilines is 10. The Labute approximate surface area is 482 Å². The SMILES string of the molecule is O=S(=O)(O)c1ccc(S(=O)(=O)O)c(Nc2nc(Nc3ccc(C=Cc4ccc(Nc5nc(Nc6cc(S(=O)(=O)O)ccc6S(=O)(=O)O)nc(N(CCO)CCO)n5)cc4S(=O)(=O)O)c(S(=O)(=O)O)c3)nc(N(CCO)CCO)n2)c1.[Na]. The zero-order chi connectivity index (χ0) is 59.2. The van der Waals surface area contributed by atoms with Gasteiger partial charge in [-0.05, 0) is 71.8 Å². The Kier molecular flexibility index (Phi) is 21.3. The van der Waals surface area contributed by atoms with E-state index >= 15 is 0 Å². The van der Waals surface area contributed by atoms with Crippen LogP contribution >= 0.6 is 0 Å². The molecular weight excluding hydrogens is 1220 g/mol. The van der Waals surface area contributed by atoms with Crippen molar-refractivity contribution in [3.05, 3.63) is 83.9 Å². The number of aliphatic hydroxyl groups excluding tert-OH is 4. The summed E-state index contributed by atoms with van der Waals surface area (Å²) in [6.45, 7) is -3.05. The maximum absolute atomic E-state index is 12.8. The summed E-state index contributed by atoms with van der Waals surface area (Å²) < 4.78 is 208. The van der Waals surface area contributed by atoms with Crippen LogP contribution in [-0.2, 0) is 60.7 Å². The molecule has 14 N–H and O–H groups in total. The van der Waals surface area contributed by atoms with Gasteiger partial charge < -0.3 is 51.5 Å². The smallest absolute Gasteiger partial charge is 0.296 e. The van der Waals surface area contributed by atoms with E-state index in [1.54, 1.807) is 0 Å². The molecule has 1 radical (unpaired) electrons. The van der Waals surface area contributed by atoms with Crippen LogP contribution < -0.4 is 31.1 Å². The van der Waals surface area contributed by atoms with Gasteiger partial charge in [0.25, 0.3) is 60.7 Å². The molecule has 433 valence electrons. The number of aliphatic hydroxyl groups is 4. The van der Waals surface area contributed by atoms with Crippen molar-refractivity contribution in [3.8, 4) is 0 Å². The van der Waals surface area contributed by atoms with Crippen molar-refractivity contribution in [2.45, 2.75) is 29.4 Å². The molecule has 81 heavy (non-hydrogen) atoms. The van der Waals surface area contributed by atoms with Crippen LogP contribution in [-0.4, -0.2) is 210 Å². The summed E-state index contributed by atoms with van der Waals surface area (Å²) in [6.07, 6.45) is 2.01. The maximum atomic E-state index is 12.8. The zero-order valence-corrected chi connectivity index (χ0v) is 48.0. The van der Waals surface area contributed by atoms with Gasteiger partial charge in [-0.2, -0.15) is 80.4 Å². The van der Waals surface area contributed by atoms with Gasteiger partial charge >= 0.3 is 0 Å². The molecule has 0 spiro atoms. The number of nitrogens with zero attached hydrogens (tertiary/aromatic N) is 8. The topological polar surface area (TPSA) is 539 Å². The fourth-order valence-corrected chi connectivity index (χ4v) is 10.6. The predicted molar refractivity (Wildman–Crippen MR) is 285 cm³/mol. The van der Waals surface area contributed by atoms with Crippen LogP contribution in [0.5, 0.6) is 0 Å². The van der Waals surface area contributed by atoms with Crippen LogP contribution in [0.1, 0.15) is 11.1 Å². The normalized spacial score (nSPS) is 12.4. The fraction of sp³-hybridized carbons (Fsp3) is 0.200. The van der Waals surface area contributed by atoms with Crippen LogP contribution in [0.2, 0.25) is 0 Å². The average molecular weight is 1260 g/mol. The maximum Gasteiger partial charge on any atom is 0.296 e. The molecule has 0 fully saturated rings. The minimum Gasteiger partial charge on any atom is -0.395 e. The van der Waals surface area contributed by atoms with Gasteiger partial charge in [0.05, 0.1) is 47.6 Å². The number of rotatable bonds is 26. The summed E-state index contributed by atoms with van der Waals surface area (Å²) in [5.74, 6) is -2.91. The minimum absolute atomic E-state index is 0. The van der Waals surface area contributed by atoms with E-state index in [-0.39, 0.29) is 90.1 Å². The molecule has 4 aromatic carbocycles. The number of nitrogens with one attached hydrogen (secondary N) is 4. The first-order valence-corrected chi connectivity index (χ1v) is 30.5. The molecule has 0 unspecified atom stereocenters. The molecule has 0 saturated heterocycles. The van der Waals surface area contributed by atoms with E-state index < -0.39 is 152 Å². The van der Waals surface area contributed by atoms with Crippen LogP contribution in [0.3, 0.4) is 0 Å². The van der Waals surface area contributed by atoms with Crippen molar-refractivity contribution in [1.29, 1.82) is 0 Å². The third-order valence-electron chi connectivity index (χ3n) is 10.4. The van der Waals surface area contributed by atoms with Gasteiger partial charge in [-0.1, -0.05) is 24.3 Å². The number of hydrogen-bond donors (Lipinski definition) is 14. The summed E-state index contributed by atoms with van der Waals surface area (Å²) in [5, 5.41) is 48.8. The Morgan fingerprint density at radius 3 is 0.938 bits per heavy atom. The van der Waals surface area contributed by atoms with E-state index in [0.29, 0.717) is 36.4 Å². The van der Waals surface area contributed by atoms with E-state index in [1.807, 2.05) is 0 Å². The minimum atomic E-state index is -5.20. The molecule has 0 atom stereocenters. The van der Waals surface area contributed by atoms with Gasteiger partial charge in [-0.3, -0.25) is 27.3 Å². The van der Waals surface area contributed by atoms with E-state index in [0.717, 1.165) is 36.4 Å². The Balaban J connectivity index is 0.0000120. The van der Waals surface area contributed by atoms with Gasteiger partial charge in [0.1, 0.15) is 19.6 Å². The molecule has 0 saturated carbocycles. The Bertz CT molecular complexity index is 3800. The molecule has 34 nitrogen and oxygen atoms in total. The zero-order valence-electron chi connectivity index (χ0n) is 41.1. The second kappa shape index (κ2) is 26.3. The van der Waals surface area contributed by atoms with Gasteiger partial charge in [0, 0.05) is 67.1 Å². The van der Waals surface area contributed by atoms with E-state index in [4.69, 9.17) is 0 Å². The molecule has 0 aliphatic carbocycles. The fourth-order valence-electron chi connectivity index (χ4n) is 6.95. The second-order valence-electron chi connectivity index (χ2n) is 15.9. The van der Waals surface area contributed by atoms with Crippen LogP contribution in [0.25, 0.3) is 12.2 Å². The molecule has 0 bridgehead atoms. The van der Waals surface area contributed by atoms with Crippen LogP contribution in [0.15, 0.2) is 102 Å². The quantitative estimate of drug-likeness (QED) is 0.0191. The van der Waals surface area contributed by atoms with Crippen molar-refractivity contribution in [1.82, 2.24) is 29.9 Å². The molecule has 0 amide bonds.